The summed E-state index contributed by atoms with van der Waals surface area (Å²) >= 11 is 7.45. The largest absolute Gasteiger partial charge is 0.490 e. The third kappa shape index (κ3) is 2.81. The summed E-state index contributed by atoms with van der Waals surface area (Å²) < 4.78 is 5.24. The van der Waals surface area contributed by atoms with Gasteiger partial charge in [-0.15, -0.1) is 11.8 Å². The van der Waals surface area contributed by atoms with Gasteiger partial charge in [-0.3, -0.25) is 9.59 Å². The van der Waals surface area contributed by atoms with Gasteiger partial charge in [-0.25, -0.2) is 0 Å². The molecule has 0 bridgehead atoms. The second kappa shape index (κ2) is 6.29. The van der Waals surface area contributed by atoms with Gasteiger partial charge in [-0.2, -0.15) is 0 Å². The molecule has 0 spiro atoms. The van der Waals surface area contributed by atoms with Gasteiger partial charge in [0.1, 0.15) is 12.4 Å². The number of thioether (sulfide) groups is 1. The summed E-state index contributed by atoms with van der Waals surface area (Å²) in [5.74, 6) is -0.340. The Kier molecular flexibility index (Phi) is 4.68. The molecule has 2 atom stereocenters. The number of ether oxygens (including phenoxy) is 1. The summed E-state index contributed by atoms with van der Waals surface area (Å²) in [4.78, 5) is 23.8. The first kappa shape index (κ1) is 14.9. The van der Waals surface area contributed by atoms with Crippen LogP contribution in [0.5, 0.6) is 0 Å². The zero-order valence-electron chi connectivity index (χ0n) is 10.7. The zero-order chi connectivity index (χ0) is 14.7. The molecule has 0 aliphatic carbocycles. The lowest BCUT2D eigenvalue weighted by atomic mass is 9.92. The molecule has 0 radical (unpaired) electrons. The van der Waals surface area contributed by atoms with E-state index >= 15 is 0 Å². The first-order valence-corrected chi connectivity index (χ1v) is 7.21. The molecule has 1 aliphatic heterocycles. The summed E-state index contributed by atoms with van der Waals surface area (Å²) in [7, 11) is 0. The Bertz CT molecular complexity index is 582. The number of halogens is 1. The lowest BCUT2D eigenvalue weighted by Gasteiger charge is -2.31. The van der Waals surface area contributed by atoms with Crippen LogP contribution in [0.25, 0.3) is 0 Å². The summed E-state index contributed by atoms with van der Waals surface area (Å²) in [6.07, 6.45) is 0.638. The third-order valence-electron chi connectivity index (χ3n) is 2.98. The maximum atomic E-state index is 12.5. The van der Waals surface area contributed by atoms with Crippen molar-refractivity contribution in [3.8, 4) is 0 Å². The third-order valence-corrected chi connectivity index (χ3v) is 4.62. The van der Waals surface area contributed by atoms with Crippen molar-refractivity contribution < 1.29 is 14.3 Å². The van der Waals surface area contributed by atoms with Crippen LogP contribution >= 0.6 is 23.4 Å². The molecule has 0 saturated carbocycles. The van der Waals surface area contributed by atoms with E-state index in [-0.39, 0.29) is 22.7 Å². The minimum absolute atomic E-state index is 0.0901. The van der Waals surface area contributed by atoms with Gasteiger partial charge in [0, 0.05) is 15.5 Å². The van der Waals surface area contributed by atoms with Gasteiger partial charge in [0.05, 0.1) is 11.2 Å². The van der Waals surface area contributed by atoms with Crippen molar-refractivity contribution in [3.05, 3.63) is 53.8 Å². The van der Waals surface area contributed by atoms with E-state index in [1.165, 1.54) is 11.8 Å². The molecule has 1 aliphatic rings. The number of carbonyl (C=O) groups is 2. The second-order valence-corrected chi connectivity index (χ2v) is 5.94. The molecule has 0 aromatic heterocycles. The molecule has 1 aromatic rings. The number of carbonyl (C=O) groups excluding carboxylic acids is 2. The van der Waals surface area contributed by atoms with Crippen molar-refractivity contribution in [2.24, 2.45) is 5.92 Å². The van der Waals surface area contributed by atoms with E-state index in [0.29, 0.717) is 17.6 Å². The highest BCUT2D eigenvalue weighted by Crippen LogP contribution is 2.44. The van der Waals surface area contributed by atoms with E-state index in [4.69, 9.17) is 16.3 Å². The molecule has 0 fully saturated rings. The van der Waals surface area contributed by atoms with Crippen molar-refractivity contribution in [1.29, 1.82) is 0 Å². The van der Waals surface area contributed by atoms with Crippen molar-refractivity contribution in [3.63, 3.8) is 0 Å². The number of hydrogen-bond acceptors (Lipinski definition) is 4. The van der Waals surface area contributed by atoms with E-state index in [1.807, 2.05) is 18.2 Å². The predicted molar refractivity (Wildman–Crippen MR) is 80.1 cm³/mol. The van der Waals surface area contributed by atoms with E-state index in [0.717, 1.165) is 4.90 Å². The van der Waals surface area contributed by atoms with Crippen LogP contribution in [0, 0.1) is 5.92 Å². The van der Waals surface area contributed by atoms with Crippen LogP contribution in [0.4, 0.5) is 0 Å². The molecule has 2 rings (SSSR count). The lowest BCUT2D eigenvalue weighted by molar-refractivity contribution is -0.110. The van der Waals surface area contributed by atoms with Crippen LogP contribution in [-0.4, -0.2) is 23.9 Å². The fourth-order valence-corrected chi connectivity index (χ4v) is 3.71. The number of allylic oxidation sites excluding steroid dienone is 1. The smallest absolute Gasteiger partial charge is 0.173 e. The number of Topliss-reactive ketones (excluding diaryl/α,β-unsaturated/α-hetero) is 1. The topological polar surface area (TPSA) is 43.4 Å². The van der Waals surface area contributed by atoms with Gasteiger partial charge in [0.15, 0.2) is 12.1 Å². The summed E-state index contributed by atoms with van der Waals surface area (Å²) in [6, 6.07) is 7.30. The van der Waals surface area contributed by atoms with Crippen LogP contribution in [0.2, 0.25) is 0 Å². The number of hydrogen-bond donors (Lipinski definition) is 0. The minimum atomic E-state index is -0.601. The van der Waals surface area contributed by atoms with E-state index in [1.54, 1.807) is 6.07 Å². The van der Waals surface area contributed by atoms with Gasteiger partial charge in [0.25, 0.3) is 0 Å². The van der Waals surface area contributed by atoms with Crippen LogP contribution < -0.4 is 0 Å². The maximum absolute atomic E-state index is 12.5. The number of fused-ring (bicyclic) bond motifs is 1. The summed E-state index contributed by atoms with van der Waals surface area (Å²) in [5, 5.41) is -0.125. The fourth-order valence-electron chi connectivity index (χ4n) is 2.06. The van der Waals surface area contributed by atoms with Crippen molar-refractivity contribution in [2.75, 3.05) is 6.61 Å². The summed E-state index contributed by atoms with van der Waals surface area (Å²) in [6.45, 7) is 7.39. The average molecular weight is 309 g/mol. The predicted octanol–water partition coefficient (Wildman–Crippen LogP) is 3.44. The van der Waals surface area contributed by atoms with Gasteiger partial charge in [-0.05, 0) is 6.07 Å². The lowest BCUT2D eigenvalue weighted by Crippen LogP contribution is -2.32. The van der Waals surface area contributed by atoms with E-state index < -0.39 is 5.92 Å². The molecule has 0 N–H and O–H groups in total. The highest BCUT2D eigenvalue weighted by Gasteiger charge is 2.39. The molecule has 2 unspecified atom stereocenters. The molecule has 5 heteroatoms. The minimum Gasteiger partial charge on any atom is -0.490 e. The number of benzene rings is 1. The number of aldehydes is 1. The van der Waals surface area contributed by atoms with Crippen molar-refractivity contribution >= 4 is 35.4 Å². The zero-order valence-corrected chi connectivity index (χ0v) is 12.2. The molecule has 104 valence electrons. The SMILES string of the molecule is C=C(OCC=O)C1Sc2ccccc2C(=O)C1C(=C)Cl. The second-order valence-electron chi connectivity index (χ2n) is 4.27. The molecule has 1 aromatic carbocycles. The molecule has 0 amide bonds. The average Bonchev–Trinajstić information content (AvgIpc) is 2.44. The molecule has 1 heterocycles. The molecule has 3 nitrogen and oxygen atoms in total. The molecule has 20 heavy (non-hydrogen) atoms. The van der Waals surface area contributed by atoms with Crippen molar-refractivity contribution in [2.45, 2.75) is 10.1 Å². The quantitative estimate of drug-likeness (QED) is 0.617. The Morgan fingerprint density at radius 1 is 1.40 bits per heavy atom. The maximum Gasteiger partial charge on any atom is 0.173 e. The molecular weight excluding hydrogens is 296 g/mol. The summed E-state index contributed by atoms with van der Waals surface area (Å²) in [5.41, 5.74) is 0.628. The Morgan fingerprint density at radius 2 is 2.10 bits per heavy atom. The number of rotatable bonds is 5. The molecule has 0 saturated heterocycles. The van der Waals surface area contributed by atoms with Crippen molar-refractivity contribution in [1.82, 2.24) is 0 Å². The van der Waals surface area contributed by atoms with Gasteiger partial charge >= 0.3 is 0 Å². The number of ketones is 1. The Labute approximate surface area is 126 Å². The normalized spacial score (nSPS) is 20.9. The van der Waals surface area contributed by atoms with Gasteiger partial charge in [-0.1, -0.05) is 43.0 Å². The Balaban J connectivity index is 2.36. The van der Waals surface area contributed by atoms with Crippen LogP contribution in [0.1, 0.15) is 10.4 Å². The standard InChI is InChI=1S/C15H13ClO3S/c1-9(16)13-14(18)11-5-3-4-6-12(11)20-15(13)10(2)19-8-7-17/h3-7,13,15H,1-2,8H2. The highest BCUT2D eigenvalue weighted by molar-refractivity contribution is 8.00. The first-order valence-electron chi connectivity index (χ1n) is 5.95. The van der Waals surface area contributed by atoms with Crippen LogP contribution in [-0.2, 0) is 9.53 Å². The monoisotopic (exact) mass is 308 g/mol. The van der Waals surface area contributed by atoms with Crippen LogP contribution in [0.3, 0.4) is 0 Å². The fraction of sp³-hybridized carbons (Fsp3) is 0.200. The Hall–Kier alpha value is -1.52. The Morgan fingerprint density at radius 3 is 2.75 bits per heavy atom. The van der Waals surface area contributed by atoms with Gasteiger partial charge < -0.3 is 4.74 Å². The van der Waals surface area contributed by atoms with Crippen LogP contribution in [0.15, 0.2) is 53.1 Å². The molecular formula is C15H13ClO3S. The van der Waals surface area contributed by atoms with E-state index in [2.05, 4.69) is 13.2 Å². The highest BCUT2D eigenvalue weighted by atomic mass is 35.5. The van der Waals surface area contributed by atoms with Gasteiger partial charge in [0.2, 0.25) is 0 Å². The first-order chi connectivity index (χ1) is 9.56. The van der Waals surface area contributed by atoms with E-state index in [9.17, 15) is 9.59 Å².